The molecule has 5 nitrogen and oxygen atoms in total. The van der Waals surface area contributed by atoms with Gasteiger partial charge in [0.1, 0.15) is 0 Å². The summed E-state index contributed by atoms with van der Waals surface area (Å²) in [6.45, 7) is 5.70. The maximum Gasteiger partial charge on any atom is 0.317 e. The Bertz CT molecular complexity index is 489. The summed E-state index contributed by atoms with van der Waals surface area (Å²) in [4.78, 5) is 14.9. The van der Waals surface area contributed by atoms with Gasteiger partial charge < -0.3 is 20.1 Å². The maximum absolute atomic E-state index is 13.0. The number of hydrogen-bond acceptors (Lipinski definition) is 3. The zero-order valence-corrected chi connectivity index (χ0v) is 15.0. The lowest BCUT2D eigenvalue weighted by molar-refractivity contribution is -0.109. The van der Waals surface area contributed by atoms with E-state index < -0.39 is 0 Å². The summed E-state index contributed by atoms with van der Waals surface area (Å²) in [5.74, 6) is 1.03. The number of fused-ring (bicyclic) bond motifs is 1. The molecule has 2 saturated heterocycles. The highest BCUT2D eigenvalue weighted by molar-refractivity contribution is 5.75. The van der Waals surface area contributed by atoms with Crippen LogP contribution in [0.3, 0.4) is 0 Å². The number of urea groups is 1. The molecule has 0 radical (unpaired) electrons. The van der Waals surface area contributed by atoms with Gasteiger partial charge in [-0.3, -0.25) is 0 Å². The van der Waals surface area contributed by atoms with Crippen LogP contribution in [0, 0.1) is 17.3 Å². The topological polar surface area (TPSA) is 61.8 Å². The van der Waals surface area contributed by atoms with E-state index in [2.05, 4.69) is 19.2 Å². The van der Waals surface area contributed by atoms with Crippen molar-refractivity contribution >= 4 is 6.03 Å². The van der Waals surface area contributed by atoms with E-state index in [1.807, 2.05) is 4.90 Å². The van der Waals surface area contributed by atoms with Crippen LogP contribution in [0.25, 0.3) is 0 Å². The highest BCUT2D eigenvalue weighted by atomic mass is 16.5. The smallest absolute Gasteiger partial charge is 0.317 e. The zero-order chi connectivity index (χ0) is 16.9. The predicted molar refractivity (Wildman–Crippen MR) is 91.6 cm³/mol. The number of likely N-dealkylation sites (tertiary alicyclic amines) is 1. The molecule has 5 atom stereocenters. The average molecular weight is 336 g/mol. The van der Waals surface area contributed by atoms with Gasteiger partial charge in [-0.25, -0.2) is 4.79 Å². The van der Waals surface area contributed by atoms with E-state index in [1.165, 1.54) is 32.1 Å². The first-order valence-corrected chi connectivity index (χ1v) is 9.85. The molecule has 0 unspecified atom stereocenters. The van der Waals surface area contributed by atoms with Crippen molar-refractivity contribution in [2.75, 3.05) is 13.2 Å². The summed E-state index contributed by atoms with van der Waals surface area (Å²) in [5, 5.41) is 13.5. The van der Waals surface area contributed by atoms with E-state index >= 15 is 0 Å². The number of aliphatic hydroxyl groups excluding tert-OH is 1. The molecule has 136 valence electrons. The van der Waals surface area contributed by atoms with Crippen molar-refractivity contribution in [2.24, 2.45) is 17.3 Å². The number of carbonyl (C=O) groups is 1. The molecule has 2 aliphatic carbocycles. The number of amides is 2. The molecular weight excluding hydrogens is 304 g/mol. The molecule has 4 rings (SSSR count). The number of β-amino-alcohol motifs (C(OH)–C–C–N with tert-alkyl or cyclic N) is 1. The van der Waals surface area contributed by atoms with Crippen LogP contribution >= 0.6 is 0 Å². The highest BCUT2D eigenvalue weighted by Gasteiger charge is 2.60. The van der Waals surface area contributed by atoms with Crippen molar-refractivity contribution < 1.29 is 14.6 Å². The van der Waals surface area contributed by atoms with Gasteiger partial charge in [0.25, 0.3) is 0 Å². The minimum Gasteiger partial charge on any atom is -0.391 e. The summed E-state index contributed by atoms with van der Waals surface area (Å²) in [7, 11) is 0. The second-order valence-corrected chi connectivity index (χ2v) is 9.00. The van der Waals surface area contributed by atoms with Crippen LogP contribution in [0.1, 0.15) is 58.8 Å². The molecule has 0 aromatic rings. The number of carbonyl (C=O) groups excluding carboxylic acids is 1. The van der Waals surface area contributed by atoms with Crippen molar-refractivity contribution in [3.63, 3.8) is 0 Å². The number of rotatable bonds is 2. The molecule has 2 heterocycles. The van der Waals surface area contributed by atoms with Crippen molar-refractivity contribution in [1.82, 2.24) is 10.2 Å². The van der Waals surface area contributed by atoms with Gasteiger partial charge in [0.05, 0.1) is 12.2 Å². The van der Waals surface area contributed by atoms with Gasteiger partial charge >= 0.3 is 6.03 Å². The summed E-state index contributed by atoms with van der Waals surface area (Å²) in [5.41, 5.74) is 0.00943. The third-order valence-corrected chi connectivity index (χ3v) is 7.16. The van der Waals surface area contributed by atoms with E-state index in [0.717, 1.165) is 19.4 Å². The van der Waals surface area contributed by atoms with Gasteiger partial charge in [0.2, 0.25) is 0 Å². The first kappa shape index (κ1) is 16.6. The van der Waals surface area contributed by atoms with Crippen LogP contribution < -0.4 is 5.32 Å². The van der Waals surface area contributed by atoms with Crippen LogP contribution in [-0.4, -0.2) is 53.5 Å². The third kappa shape index (κ3) is 2.64. The molecule has 2 amide bonds. The van der Waals surface area contributed by atoms with Crippen molar-refractivity contribution in [3.8, 4) is 0 Å². The lowest BCUT2D eigenvalue weighted by atomic mass is 9.57. The van der Waals surface area contributed by atoms with Gasteiger partial charge in [-0.2, -0.15) is 0 Å². The Balaban J connectivity index is 1.43. The number of aliphatic hydroxyl groups is 1. The van der Waals surface area contributed by atoms with E-state index in [0.29, 0.717) is 24.5 Å². The first-order valence-electron chi connectivity index (χ1n) is 9.85. The van der Waals surface area contributed by atoms with Gasteiger partial charge in [0, 0.05) is 36.6 Å². The molecule has 4 fully saturated rings. The Hall–Kier alpha value is -0.810. The molecule has 2 saturated carbocycles. The third-order valence-electron chi connectivity index (χ3n) is 7.16. The molecule has 0 aromatic carbocycles. The first-order chi connectivity index (χ1) is 11.5. The van der Waals surface area contributed by atoms with Gasteiger partial charge in [-0.05, 0) is 31.6 Å². The fraction of sp³-hybridized carbons (Fsp3) is 0.947. The average Bonchev–Trinajstić information content (AvgIpc) is 3.18. The Morgan fingerprint density at radius 3 is 2.71 bits per heavy atom. The standard InChI is InChI=1S/C19H32N2O3/c1-19(2)16(14-8-9-24-17(14)19)20-18(23)21-11-13(22)10-15(21)12-6-4-3-5-7-12/h12-17,22H,3-11H2,1-2H3,(H,20,23)/t13-,14+,15-,16-,17-/m1/s1. The summed E-state index contributed by atoms with van der Waals surface area (Å²) in [6.07, 6.45) is 7.99. The Morgan fingerprint density at radius 2 is 1.96 bits per heavy atom. The Kier molecular flexibility index (Phi) is 4.28. The van der Waals surface area contributed by atoms with E-state index in [9.17, 15) is 9.90 Å². The highest BCUT2D eigenvalue weighted by Crippen LogP contribution is 2.52. The van der Waals surface area contributed by atoms with Crippen molar-refractivity contribution in [2.45, 2.75) is 83.1 Å². The van der Waals surface area contributed by atoms with Crippen LogP contribution in [0.2, 0.25) is 0 Å². The Labute approximate surface area is 145 Å². The molecule has 4 aliphatic rings. The van der Waals surface area contributed by atoms with Gasteiger partial charge in [-0.1, -0.05) is 33.1 Å². The lowest BCUT2D eigenvalue weighted by Gasteiger charge is -2.55. The van der Waals surface area contributed by atoms with Crippen molar-refractivity contribution in [1.29, 1.82) is 0 Å². The predicted octanol–water partition coefficient (Wildman–Crippen LogP) is 2.53. The number of nitrogens with zero attached hydrogens (tertiary/aromatic N) is 1. The Morgan fingerprint density at radius 1 is 1.21 bits per heavy atom. The minimum atomic E-state index is -0.361. The molecular formula is C19H32N2O3. The van der Waals surface area contributed by atoms with E-state index in [1.54, 1.807) is 0 Å². The fourth-order valence-corrected chi connectivity index (χ4v) is 5.88. The second-order valence-electron chi connectivity index (χ2n) is 9.00. The second kappa shape index (κ2) is 6.17. The minimum absolute atomic E-state index is 0.00943. The lowest BCUT2D eigenvalue weighted by Crippen LogP contribution is -2.68. The molecule has 5 heteroatoms. The monoisotopic (exact) mass is 336 g/mol. The van der Waals surface area contributed by atoms with Crippen LogP contribution in [0.5, 0.6) is 0 Å². The van der Waals surface area contributed by atoms with Crippen LogP contribution in [-0.2, 0) is 4.74 Å². The van der Waals surface area contributed by atoms with Crippen LogP contribution in [0.15, 0.2) is 0 Å². The maximum atomic E-state index is 13.0. The van der Waals surface area contributed by atoms with Crippen LogP contribution in [0.4, 0.5) is 4.79 Å². The molecule has 2 N–H and O–H groups in total. The normalized spacial score (nSPS) is 41.8. The summed E-state index contributed by atoms with van der Waals surface area (Å²) >= 11 is 0. The summed E-state index contributed by atoms with van der Waals surface area (Å²) < 4.78 is 5.83. The van der Waals surface area contributed by atoms with E-state index in [4.69, 9.17) is 4.74 Å². The largest absolute Gasteiger partial charge is 0.391 e. The molecule has 0 aromatic heterocycles. The number of nitrogens with one attached hydrogen (secondary N) is 1. The SMILES string of the molecule is CC1(C)[C@H](NC(=O)N2C[C@H](O)C[C@@H]2C2CCCCC2)[C@@H]2CCO[C@H]21. The number of ether oxygens (including phenoxy) is 1. The summed E-state index contributed by atoms with van der Waals surface area (Å²) in [6, 6.07) is 0.451. The van der Waals surface area contributed by atoms with E-state index in [-0.39, 0.29) is 29.6 Å². The fourth-order valence-electron chi connectivity index (χ4n) is 5.88. The van der Waals surface area contributed by atoms with Gasteiger partial charge in [0.15, 0.2) is 0 Å². The quantitative estimate of drug-likeness (QED) is 0.814. The molecule has 24 heavy (non-hydrogen) atoms. The van der Waals surface area contributed by atoms with Gasteiger partial charge in [-0.15, -0.1) is 0 Å². The molecule has 2 aliphatic heterocycles. The molecule has 0 spiro atoms. The van der Waals surface area contributed by atoms with Crippen molar-refractivity contribution in [3.05, 3.63) is 0 Å². The number of hydrogen-bond donors (Lipinski definition) is 2. The zero-order valence-electron chi connectivity index (χ0n) is 15.0. The molecule has 0 bridgehead atoms.